The van der Waals surface area contributed by atoms with Crippen LogP contribution in [0.2, 0.25) is 0 Å². The number of aliphatic imine (C=N–C) groups is 1. The number of aromatic hydroxyl groups is 1. The van der Waals surface area contributed by atoms with Crippen LogP contribution in [0.5, 0.6) is 11.5 Å². The van der Waals surface area contributed by atoms with Crippen molar-refractivity contribution in [2.45, 2.75) is 19.9 Å². The fourth-order valence-corrected chi connectivity index (χ4v) is 4.65. The normalized spacial score (nSPS) is 16.1. The summed E-state index contributed by atoms with van der Waals surface area (Å²) < 4.78 is 5.44. The minimum Gasteiger partial charge on any atom is -0.504 e. The van der Waals surface area contributed by atoms with Crippen LogP contribution in [0.1, 0.15) is 23.6 Å². The summed E-state index contributed by atoms with van der Waals surface area (Å²) in [4.78, 5) is 8.49. The van der Waals surface area contributed by atoms with E-state index in [1.807, 2.05) is 37.3 Å². The third kappa shape index (κ3) is 5.95. The van der Waals surface area contributed by atoms with Crippen LogP contribution in [-0.2, 0) is 13.0 Å². The molecule has 1 aliphatic rings. The van der Waals surface area contributed by atoms with Gasteiger partial charge in [0.2, 0.25) is 0 Å². The first kappa shape index (κ1) is 22.0. The predicted molar refractivity (Wildman–Crippen MR) is 134 cm³/mol. The molecule has 0 aliphatic carbocycles. The molecule has 0 saturated carbocycles. The molecule has 3 aromatic rings. The smallest absolute Gasteiger partial charge is 0.164 e. The quantitative estimate of drug-likeness (QED) is 0.464. The van der Waals surface area contributed by atoms with E-state index in [9.17, 15) is 5.11 Å². The molecule has 1 aliphatic heterocycles. The van der Waals surface area contributed by atoms with Crippen molar-refractivity contribution in [2.24, 2.45) is 4.99 Å². The number of thioether (sulfide) groups is 1. The largest absolute Gasteiger partial charge is 0.504 e. The second-order valence-corrected chi connectivity index (χ2v) is 8.71. The average Bonchev–Trinajstić information content (AvgIpc) is 3.21. The molecular weight excluding hydrogens is 416 g/mol. The molecule has 1 N–H and O–H groups in total. The molecule has 0 bridgehead atoms. The number of phenols is 1. The van der Waals surface area contributed by atoms with Crippen LogP contribution >= 0.6 is 11.8 Å². The van der Waals surface area contributed by atoms with Crippen molar-refractivity contribution in [3.05, 3.63) is 100 Å². The van der Waals surface area contributed by atoms with Gasteiger partial charge in [-0.3, -0.25) is 4.99 Å². The summed E-state index contributed by atoms with van der Waals surface area (Å²) in [7, 11) is 0. The van der Waals surface area contributed by atoms with E-state index in [-0.39, 0.29) is 5.75 Å². The first-order chi connectivity index (χ1) is 15.7. The van der Waals surface area contributed by atoms with Crippen LogP contribution in [0, 0.1) is 0 Å². The highest BCUT2D eigenvalue weighted by atomic mass is 32.2. The summed E-state index contributed by atoms with van der Waals surface area (Å²) in [5.74, 6) is 0.687. The summed E-state index contributed by atoms with van der Waals surface area (Å²) in [6.45, 7) is 4.84. The Labute approximate surface area is 194 Å². The standard InChI is InChI=1S/C27H28N2O2S/c1-2-31-26-14-13-23(18-25(26)30)17-24-20-29(16-15-21-9-5-3-6-10-21)27(32-24)28-19-22-11-7-4-8-12-22/h3-14,17-18,30H,2,15-16,19-20H2,1H3. The van der Waals surface area contributed by atoms with Gasteiger partial charge in [0.05, 0.1) is 19.7 Å². The van der Waals surface area contributed by atoms with Crippen LogP contribution in [-0.4, -0.2) is 34.9 Å². The van der Waals surface area contributed by atoms with Gasteiger partial charge in [-0.05, 0) is 48.2 Å². The maximum atomic E-state index is 10.2. The van der Waals surface area contributed by atoms with Crippen LogP contribution in [0.15, 0.2) is 88.8 Å². The molecule has 1 fully saturated rings. The van der Waals surface area contributed by atoms with Gasteiger partial charge in [0, 0.05) is 11.4 Å². The number of amidine groups is 1. The fourth-order valence-electron chi connectivity index (χ4n) is 3.59. The highest BCUT2D eigenvalue weighted by molar-refractivity contribution is 8.17. The molecule has 5 heteroatoms. The second-order valence-electron chi connectivity index (χ2n) is 7.61. The Balaban J connectivity index is 1.51. The molecule has 1 saturated heterocycles. The molecule has 0 unspecified atom stereocenters. The Hall–Kier alpha value is -3.18. The predicted octanol–water partition coefficient (Wildman–Crippen LogP) is 5.98. The summed E-state index contributed by atoms with van der Waals surface area (Å²) >= 11 is 1.71. The molecule has 0 radical (unpaired) electrons. The second kappa shape index (κ2) is 10.9. The highest BCUT2D eigenvalue weighted by Crippen LogP contribution is 2.34. The molecule has 164 valence electrons. The van der Waals surface area contributed by atoms with Crippen molar-refractivity contribution in [1.29, 1.82) is 0 Å². The third-order valence-corrected chi connectivity index (χ3v) is 6.28. The Morgan fingerprint density at radius 2 is 1.72 bits per heavy atom. The number of phenolic OH excluding ortho intramolecular Hbond substituents is 1. The molecule has 0 aromatic heterocycles. The number of benzene rings is 3. The Morgan fingerprint density at radius 1 is 1.00 bits per heavy atom. The van der Waals surface area contributed by atoms with E-state index in [4.69, 9.17) is 9.73 Å². The molecule has 0 spiro atoms. The fraction of sp³-hybridized carbons (Fsp3) is 0.222. The molecular formula is C27H28N2O2S. The van der Waals surface area contributed by atoms with E-state index < -0.39 is 0 Å². The van der Waals surface area contributed by atoms with Gasteiger partial charge in [0.25, 0.3) is 0 Å². The van der Waals surface area contributed by atoms with Gasteiger partial charge < -0.3 is 14.7 Å². The zero-order chi connectivity index (χ0) is 22.2. The van der Waals surface area contributed by atoms with Crippen molar-refractivity contribution < 1.29 is 9.84 Å². The first-order valence-corrected chi connectivity index (χ1v) is 11.7. The molecule has 0 atom stereocenters. The zero-order valence-electron chi connectivity index (χ0n) is 18.3. The number of rotatable bonds is 8. The van der Waals surface area contributed by atoms with Crippen molar-refractivity contribution >= 4 is 23.0 Å². The Morgan fingerprint density at radius 3 is 2.41 bits per heavy atom. The Kier molecular flexibility index (Phi) is 7.51. The summed E-state index contributed by atoms with van der Waals surface area (Å²) in [5.41, 5.74) is 3.49. The Bertz CT molecular complexity index is 1080. The van der Waals surface area contributed by atoms with E-state index in [1.54, 1.807) is 17.8 Å². The van der Waals surface area contributed by atoms with Crippen molar-refractivity contribution in [2.75, 3.05) is 19.7 Å². The summed E-state index contributed by atoms with van der Waals surface area (Å²) in [5, 5.41) is 11.3. The van der Waals surface area contributed by atoms with E-state index in [0.29, 0.717) is 18.9 Å². The van der Waals surface area contributed by atoms with Crippen LogP contribution in [0.3, 0.4) is 0 Å². The van der Waals surface area contributed by atoms with E-state index in [2.05, 4.69) is 53.4 Å². The lowest BCUT2D eigenvalue weighted by molar-refractivity contribution is 0.318. The SMILES string of the molecule is CCOc1ccc(C=C2CN(CCc3ccccc3)C(=NCc3ccccc3)S2)cc1O. The molecule has 4 rings (SSSR count). The lowest BCUT2D eigenvalue weighted by Crippen LogP contribution is -2.26. The number of ether oxygens (including phenoxy) is 1. The van der Waals surface area contributed by atoms with Crippen LogP contribution in [0.25, 0.3) is 6.08 Å². The zero-order valence-corrected chi connectivity index (χ0v) is 19.1. The van der Waals surface area contributed by atoms with Gasteiger partial charge >= 0.3 is 0 Å². The monoisotopic (exact) mass is 444 g/mol. The van der Waals surface area contributed by atoms with E-state index >= 15 is 0 Å². The lowest BCUT2D eigenvalue weighted by Gasteiger charge is -2.17. The molecule has 32 heavy (non-hydrogen) atoms. The maximum absolute atomic E-state index is 10.2. The number of nitrogens with zero attached hydrogens (tertiary/aromatic N) is 2. The van der Waals surface area contributed by atoms with Crippen molar-refractivity contribution in [3.8, 4) is 11.5 Å². The summed E-state index contributed by atoms with van der Waals surface area (Å²) in [6.07, 6.45) is 3.10. The third-order valence-electron chi connectivity index (χ3n) is 5.20. The van der Waals surface area contributed by atoms with Crippen molar-refractivity contribution in [3.63, 3.8) is 0 Å². The van der Waals surface area contributed by atoms with Crippen molar-refractivity contribution in [1.82, 2.24) is 4.90 Å². The van der Waals surface area contributed by atoms with Gasteiger partial charge in [-0.2, -0.15) is 0 Å². The number of hydrogen-bond donors (Lipinski definition) is 1. The topological polar surface area (TPSA) is 45.1 Å². The molecule has 3 aromatic carbocycles. The highest BCUT2D eigenvalue weighted by Gasteiger charge is 2.23. The minimum absolute atomic E-state index is 0.170. The summed E-state index contributed by atoms with van der Waals surface area (Å²) in [6, 6.07) is 26.5. The molecule has 4 nitrogen and oxygen atoms in total. The van der Waals surface area contributed by atoms with Crippen LogP contribution in [0.4, 0.5) is 0 Å². The van der Waals surface area contributed by atoms with Gasteiger partial charge in [-0.15, -0.1) is 0 Å². The van der Waals surface area contributed by atoms with Gasteiger partial charge in [0.15, 0.2) is 16.7 Å². The van der Waals surface area contributed by atoms with E-state index in [0.717, 1.165) is 30.2 Å². The lowest BCUT2D eigenvalue weighted by atomic mass is 10.1. The molecule has 1 heterocycles. The van der Waals surface area contributed by atoms with Crippen LogP contribution < -0.4 is 4.74 Å². The van der Waals surface area contributed by atoms with Gasteiger partial charge in [-0.25, -0.2) is 0 Å². The molecule has 0 amide bonds. The number of hydrogen-bond acceptors (Lipinski definition) is 4. The maximum Gasteiger partial charge on any atom is 0.164 e. The minimum atomic E-state index is 0.170. The average molecular weight is 445 g/mol. The van der Waals surface area contributed by atoms with Gasteiger partial charge in [-0.1, -0.05) is 78.5 Å². The first-order valence-electron chi connectivity index (χ1n) is 10.9. The van der Waals surface area contributed by atoms with E-state index in [1.165, 1.54) is 16.0 Å². The van der Waals surface area contributed by atoms with Gasteiger partial charge in [0.1, 0.15) is 0 Å².